The van der Waals surface area contributed by atoms with Crippen molar-refractivity contribution in [3.05, 3.63) is 24.1 Å². The Hall–Kier alpha value is -0.740. The first kappa shape index (κ1) is 10.3. The highest BCUT2D eigenvalue weighted by molar-refractivity contribution is 7.99. The van der Waals surface area contributed by atoms with Crippen LogP contribution in [0.25, 0.3) is 0 Å². The van der Waals surface area contributed by atoms with Gasteiger partial charge in [-0.2, -0.15) is 0 Å². The third-order valence-corrected chi connectivity index (χ3v) is 2.41. The zero-order chi connectivity index (χ0) is 9.68. The molecule has 0 spiro atoms. The first-order chi connectivity index (χ1) is 6.22. The van der Waals surface area contributed by atoms with Crippen LogP contribution in [0.4, 0.5) is 0 Å². The average Bonchev–Trinajstić information content (AvgIpc) is 2.49. The second-order valence-electron chi connectivity index (χ2n) is 2.82. The molecule has 1 N–H and O–H groups in total. The SMILES string of the molecule is C=C(CNC)CSc1nc(C)co1. The smallest absolute Gasteiger partial charge is 0.256 e. The summed E-state index contributed by atoms with van der Waals surface area (Å²) in [6.45, 7) is 6.67. The minimum absolute atomic E-state index is 0.717. The number of nitrogens with one attached hydrogen (secondary N) is 1. The standard InChI is InChI=1S/C9H14N2OS/c1-7(4-10-3)6-13-9-11-8(2)5-12-9/h5,10H,1,4,6H2,2-3H3. The Morgan fingerprint density at radius 1 is 1.77 bits per heavy atom. The number of thioether (sulfide) groups is 1. The maximum absolute atomic E-state index is 5.18. The normalized spacial score (nSPS) is 10.3. The van der Waals surface area contributed by atoms with Crippen molar-refractivity contribution in [2.45, 2.75) is 12.1 Å². The van der Waals surface area contributed by atoms with Gasteiger partial charge in [-0.25, -0.2) is 4.98 Å². The highest BCUT2D eigenvalue weighted by Gasteiger charge is 2.01. The lowest BCUT2D eigenvalue weighted by Crippen LogP contribution is -2.10. The number of rotatable bonds is 5. The maximum atomic E-state index is 5.18. The van der Waals surface area contributed by atoms with Crippen LogP contribution < -0.4 is 5.32 Å². The Kier molecular flexibility index (Phi) is 4.05. The molecule has 1 aromatic rings. The monoisotopic (exact) mass is 198 g/mol. The van der Waals surface area contributed by atoms with Crippen LogP contribution in [0.2, 0.25) is 0 Å². The number of aryl methyl sites for hydroxylation is 1. The van der Waals surface area contributed by atoms with E-state index in [1.807, 2.05) is 14.0 Å². The summed E-state index contributed by atoms with van der Waals surface area (Å²) in [7, 11) is 1.91. The predicted octanol–water partition coefficient (Wildman–Crippen LogP) is 1.85. The van der Waals surface area contributed by atoms with Crippen LogP contribution in [0.5, 0.6) is 0 Å². The van der Waals surface area contributed by atoms with Crippen LogP contribution in [0.3, 0.4) is 0 Å². The number of aromatic nitrogens is 1. The zero-order valence-electron chi connectivity index (χ0n) is 7.96. The Labute approximate surface area is 82.6 Å². The van der Waals surface area contributed by atoms with Crippen molar-refractivity contribution < 1.29 is 4.42 Å². The Bertz CT molecular complexity index is 283. The molecule has 0 bridgehead atoms. The summed E-state index contributed by atoms with van der Waals surface area (Å²) in [5, 5.41) is 3.76. The lowest BCUT2D eigenvalue weighted by Gasteiger charge is -2.00. The molecule has 13 heavy (non-hydrogen) atoms. The second kappa shape index (κ2) is 5.09. The van der Waals surface area contributed by atoms with Crippen molar-refractivity contribution in [3.8, 4) is 0 Å². The van der Waals surface area contributed by atoms with Crippen LogP contribution in [-0.4, -0.2) is 24.3 Å². The highest BCUT2D eigenvalue weighted by Crippen LogP contribution is 2.18. The molecular formula is C9H14N2OS. The zero-order valence-corrected chi connectivity index (χ0v) is 8.78. The fraction of sp³-hybridized carbons (Fsp3) is 0.444. The van der Waals surface area contributed by atoms with E-state index in [1.165, 1.54) is 0 Å². The summed E-state index contributed by atoms with van der Waals surface area (Å²) in [5.41, 5.74) is 2.06. The summed E-state index contributed by atoms with van der Waals surface area (Å²) in [4.78, 5) is 4.18. The molecule has 0 radical (unpaired) electrons. The molecule has 0 aliphatic heterocycles. The molecule has 0 aliphatic carbocycles. The molecule has 4 heteroatoms. The van der Waals surface area contributed by atoms with Gasteiger partial charge in [0.05, 0.1) is 5.69 Å². The van der Waals surface area contributed by atoms with Gasteiger partial charge >= 0.3 is 0 Å². The van der Waals surface area contributed by atoms with E-state index in [2.05, 4.69) is 16.9 Å². The number of nitrogens with zero attached hydrogens (tertiary/aromatic N) is 1. The van der Waals surface area contributed by atoms with Gasteiger partial charge in [-0.3, -0.25) is 0 Å². The maximum Gasteiger partial charge on any atom is 0.256 e. The first-order valence-corrected chi connectivity index (χ1v) is 5.07. The van der Waals surface area contributed by atoms with Gasteiger partial charge in [0.25, 0.3) is 5.22 Å². The van der Waals surface area contributed by atoms with E-state index in [4.69, 9.17) is 4.42 Å². The molecule has 0 aromatic carbocycles. The lowest BCUT2D eigenvalue weighted by molar-refractivity contribution is 0.454. The molecule has 72 valence electrons. The van der Waals surface area contributed by atoms with E-state index in [-0.39, 0.29) is 0 Å². The highest BCUT2D eigenvalue weighted by atomic mass is 32.2. The van der Waals surface area contributed by atoms with Crippen LogP contribution in [-0.2, 0) is 0 Å². The summed E-state index contributed by atoms with van der Waals surface area (Å²) >= 11 is 1.57. The molecule has 1 aromatic heterocycles. The molecule has 0 atom stereocenters. The minimum Gasteiger partial charge on any atom is -0.440 e. The first-order valence-electron chi connectivity index (χ1n) is 4.08. The molecule has 0 unspecified atom stereocenters. The molecule has 0 saturated heterocycles. The van der Waals surface area contributed by atoms with Crippen molar-refractivity contribution in [2.75, 3.05) is 19.3 Å². The van der Waals surface area contributed by atoms with E-state index in [9.17, 15) is 0 Å². The Morgan fingerprint density at radius 2 is 2.54 bits per heavy atom. The van der Waals surface area contributed by atoms with Gasteiger partial charge in [-0.1, -0.05) is 23.9 Å². The van der Waals surface area contributed by atoms with E-state index in [1.54, 1.807) is 18.0 Å². The van der Waals surface area contributed by atoms with Crippen molar-refractivity contribution >= 4 is 11.8 Å². The molecule has 3 nitrogen and oxygen atoms in total. The topological polar surface area (TPSA) is 38.1 Å². The van der Waals surface area contributed by atoms with Gasteiger partial charge < -0.3 is 9.73 Å². The van der Waals surface area contributed by atoms with Gasteiger partial charge in [0.15, 0.2) is 0 Å². The van der Waals surface area contributed by atoms with Gasteiger partial charge in [0.2, 0.25) is 0 Å². The van der Waals surface area contributed by atoms with E-state index < -0.39 is 0 Å². The molecule has 0 saturated carbocycles. The van der Waals surface area contributed by atoms with Crippen molar-refractivity contribution in [3.63, 3.8) is 0 Å². The quantitative estimate of drug-likeness (QED) is 0.579. The third-order valence-electron chi connectivity index (χ3n) is 1.42. The Balaban J connectivity index is 2.30. The molecule has 0 amide bonds. The fourth-order valence-electron chi connectivity index (χ4n) is 0.864. The largest absolute Gasteiger partial charge is 0.440 e. The molecule has 1 heterocycles. The van der Waals surface area contributed by atoms with Gasteiger partial charge in [0.1, 0.15) is 6.26 Å². The average molecular weight is 198 g/mol. The molecular weight excluding hydrogens is 184 g/mol. The predicted molar refractivity (Wildman–Crippen MR) is 55.0 cm³/mol. The summed E-state index contributed by atoms with van der Waals surface area (Å²) in [6.07, 6.45) is 1.66. The fourth-order valence-corrected chi connectivity index (χ4v) is 1.62. The third kappa shape index (κ3) is 3.65. The lowest BCUT2D eigenvalue weighted by atomic mass is 10.3. The van der Waals surface area contributed by atoms with E-state index in [0.29, 0.717) is 0 Å². The van der Waals surface area contributed by atoms with Gasteiger partial charge in [0, 0.05) is 12.3 Å². The van der Waals surface area contributed by atoms with Crippen molar-refractivity contribution in [2.24, 2.45) is 0 Å². The number of oxazole rings is 1. The summed E-state index contributed by atoms with van der Waals surface area (Å²) in [6, 6.07) is 0. The molecule has 0 fully saturated rings. The van der Waals surface area contributed by atoms with Crippen LogP contribution in [0.1, 0.15) is 5.69 Å². The van der Waals surface area contributed by atoms with Crippen LogP contribution in [0.15, 0.2) is 28.1 Å². The summed E-state index contributed by atoms with van der Waals surface area (Å²) in [5.74, 6) is 0.848. The van der Waals surface area contributed by atoms with Crippen LogP contribution in [0, 0.1) is 6.92 Å². The number of hydrogen-bond acceptors (Lipinski definition) is 4. The second-order valence-corrected chi connectivity index (χ2v) is 3.75. The van der Waals surface area contributed by atoms with Gasteiger partial charge in [-0.05, 0) is 14.0 Å². The van der Waals surface area contributed by atoms with Crippen LogP contribution >= 0.6 is 11.8 Å². The number of likely N-dealkylation sites (N-methyl/N-ethyl adjacent to an activating group) is 1. The number of hydrogen-bond donors (Lipinski definition) is 1. The van der Waals surface area contributed by atoms with Gasteiger partial charge in [-0.15, -0.1) is 0 Å². The van der Waals surface area contributed by atoms with E-state index in [0.717, 1.165) is 28.8 Å². The molecule has 1 rings (SSSR count). The van der Waals surface area contributed by atoms with E-state index >= 15 is 0 Å². The minimum atomic E-state index is 0.717. The summed E-state index contributed by atoms with van der Waals surface area (Å²) < 4.78 is 5.18. The molecule has 0 aliphatic rings. The van der Waals surface area contributed by atoms with Crippen molar-refractivity contribution in [1.29, 1.82) is 0 Å². The Morgan fingerprint density at radius 3 is 3.08 bits per heavy atom. The van der Waals surface area contributed by atoms with Crippen molar-refractivity contribution in [1.82, 2.24) is 10.3 Å².